The van der Waals surface area contributed by atoms with Crippen LogP contribution in [0.25, 0.3) is 0 Å². The summed E-state index contributed by atoms with van der Waals surface area (Å²) >= 11 is 0. The van der Waals surface area contributed by atoms with Gasteiger partial charge in [0, 0.05) is 36.3 Å². The molecule has 5 N–H and O–H groups in total. The van der Waals surface area contributed by atoms with Gasteiger partial charge in [-0.05, 0) is 66.6 Å². The fourth-order valence-electron chi connectivity index (χ4n) is 3.25. The van der Waals surface area contributed by atoms with Crippen LogP contribution in [0.1, 0.15) is 39.5 Å². The van der Waals surface area contributed by atoms with Crippen LogP contribution in [0.3, 0.4) is 0 Å². The molecule has 0 bridgehead atoms. The zero-order valence-electron chi connectivity index (χ0n) is 18.9. The molecular formula is C27H28FN3O3. The largest absolute Gasteiger partial charge is 0.391 e. The van der Waals surface area contributed by atoms with E-state index >= 15 is 0 Å². The van der Waals surface area contributed by atoms with Crippen LogP contribution in [0.2, 0.25) is 0 Å². The van der Waals surface area contributed by atoms with E-state index in [-0.39, 0.29) is 18.3 Å². The number of hydrogen-bond acceptors (Lipinski definition) is 5. The maximum absolute atomic E-state index is 13.2. The van der Waals surface area contributed by atoms with Crippen LogP contribution >= 0.6 is 0 Å². The summed E-state index contributed by atoms with van der Waals surface area (Å²) in [5, 5.41) is 24.5. The van der Waals surface area contributed by atoms with Crippen LogP contribution in [0.15, 0.2) is 72.8 Å². The Morgan fingerprint density at radius 3 is 2.15 bits per heavy atom. The average Bonchev–Trinajstić information content (AvgIpc) is 2.83. The number of aliphatic hydroxyl groups is 1. The molecule has 0 radical (unpaired) electrons. The fourth-order valence-corrected chi connectivity index (χ4v) is 3.25. The molecule has 0 aliphatic rings. The lowest BCUT2D eigenvalue weighted by Gasteiger charge is -2.20. The minimum atomic E-state index is -0.815. The van der Waals surface area contributed by atoms with Crippen molar-refractivity contribution in [3.8, 4) is 11.8 Å². The first-order valence-electron chi connectivity index (χ1n) is 11.0. The molecule has 0 fully saturated rings. The second-order valence-electron chi connectivity index (χ2n) is 7.94. The molecule has 0 heterocycles. The Labute approximate surface area is 198 Å². The normalized spacial score (nSPS) is 12.4. The Kier molecular flexibility index (Phi) is 9.32. The lowest BCUT2D eigenvalue weighted by Crippen LogP contribution is -2.47. The van der Waals surface area contributed by atoms with Crippen molar-refractivity contribution in [2.24, 2.45) is 0 Å². The Bertz CT molecular complexity index is 1140. The highest BCUT2D eigenvalue weighted by atomic mass is 19.1. The van der Waals surface area contributed by atoms with E-state index in [2.05, 4.69) is 22.5 Å². The number of carbonyl (C=O) groups excluding carboxylic acids is 1. The predicted molar refractivity (Wildman–Crippen MR) is 129 cm³/mol. The molecule has 0 unspecified atom stereocenters. The molecule has 2 atom stereocenters. The topological polar surface area (TPSA) is 93.6 Å². The summed E-state index contributed by atoms with van der Waals surface area (Å²) in [5.41, 5.74) is 6.03. The molecule has 1 amide bonds. The summed E-state index contributed by atoms with van der Waals surface area (Å²) in [6.07, 6.45) is -0.815. The summed E-state index contributed by atoms with van der Waals surface area (Å²) in [5.74, 6) is 5.61. The van der Waals surface area contributed by atoms with E-state index in [1.807, 2.05) is 35.8 Å². The van der Waals surface area contributed by atoms with Gasteiger partial charge in [-0.3, -0.25) is 4.79 Å². The first-order chi connectivity index (χ1) is 16.4. The quantitative estimate of drug-likeness (QED) is 0.250. The van der Waals surface area contributed by atoms with E-state index in [0.717, 1.165) is 22.3 Å². The Balaban J connectivity index is 1.52. The second kappa shape index (κ2) is 12.6. The molecule has 3 aromatic carbocycles. The van der Waals surface area contributed by atoms with Crippen molar-refractivity contribution < 1.29 is 19.5 Å². The van der Waals surface area contributed by atoms with Gasteiger partial charge in [0.25, 0.3) is 5.91 Å². The van der Waals surface area contributed by atoms with Gasteiger partial charge in [-0.2, -0.15) is 0 Å². The molecule has 7 heteroatoms. The SMILES string of the molecule is C[C@@H](O)[C@H](CNO)NC(=O)c1ccc(C#Cc2ccc(CNCc3cccc(F)c3)cc2)cc1. The molecule has 6 nitrogen and oxygen atoms in total. The number of hydroxylamine groups is 1. The highest BCUT2D eigenvalue weighted by molar-refractivity contribution is 5.94. The van der Waals surface area contributed by atoms with Gasteiger partial charge < -0.3 is 20.9 Å². The smallest absolute Gasteiger partial charge is 0.251 e. The summed E-state index contributed by atoms with van der Waals surface area (Å²) in [7, 11) is 0. The van der Waals surface area contributed by atoms with Crippen LogP contribution in [-0.2, 0) is 13.1 Å². The van der Waals surface area contributed by atoms with Crippen molar-refractivity contribution in [3.63, 3.8) is 0 Å². The molecule has 3 aromatic rings. The van der Waals surface area contributed by atoms with Crippen molar-refractivity contribution in [2.75, 3.05) is 6.54 Å². The number of carbonyl (C=O) groups is 1. The van der Waals surface area contributed by atoms with Gasteiger partial charge in [0.2, 0.25) is 0 Å². The molecule has 0 saturated carbocycles. The van der Waals surface area contributed by atoms with E-state index < -0.39 is 12.1 Å². The number of rotatable bonds is 9. The molecule has 0 saturated heterocycles. The highest BCUT2D eigenvalue weighted by Crippen LogP contribution is 2.08. The number of benzene rings is 3. The minimum Gasteiger partial charge on any atom is -0.391 e. The fraction of sp³-hybridized carbons (Fsp3) is 0.222. The molecule has 0 aliphatic heterocycles. The molecule has 0 spiro atoms. The van der Waals surface area contributed by atoms with E-state index in [9.17, 15) is 14.3 Å². The van der Waals surface area contributed by atoms with Gasteiger partial charge in [-0.15, -0.1) is 0 Å². The Morgan fingerprint density at radius 1 is 0.941 bits per heavy atom. The molecule has 3 rings (SSSR count). The maximum atomic E-state index is 13.2. The number of halogens is 1. The van der Waals surface area contributed by atoms with Crippen molar-refractivity contribution in [2.45, 2.75) is 32.2 Å². The Hall–Kier alpha value is -3.54. The lowest BCUT2D eigenvalue weighted by molar-refractivity contribution is 0.0767. The summed E-state index contributed by atoms with van der Waals surface area (Å²) in [6, 6.07) is 20.6. The van der Waals surface area contributed by atoms with Crippen LogP contribution in [0.4, 0.5) is 4.39 Å². The molecule has 0 aliphatic carbocycles. The van der Waals surface area contributed by atoms with E-state index in [0.29, 0.717) is 18.7 Å². The van der Waals surface area contributed by atoms with Gasteiger partial charge in [0.15, 0.2) is 0 Å². The third-order valence-electron chi connectivity index (χ3n) is 5.21. The van der Waals surface area contributed by atoms with Crippen LogP contribution in [0.5, 0.6) is 0 Å². The zero-order chi connectivity index (χ0) is 24.3. The third kappa shape index (κ3) is 7.80. The van der Waals surface area contributed by atoms with E-state index in [1.54, 1.807) is 30.3 Å². The van der Waals surface area contributed by atoms with Gasteiger partial charge in [0.1, 0.15) is 5.82 Å². The summed E-state index contributed by atoms with van der Waals surface area (Å²) in [4.78, 5) is 12.3. The first-order valence-corrected chi connectivity index (χ1v) is 11.0. The van der Waals surface area contributed by atoms with Gasteiger partial charge in [-0.1, -0.05) is 36.1 Å². The van der Waals surface area contributed by atoms with Crippen LogP contribution < -0.4 is 16.1 Å². The van der Waals surface area contributed by atoms with Crippen LogP contribution in [0, 0.1) is 17.7 Å². The average molecular weight is 462 g/mol. The molecule has 0 aromatic heterocycles. The van der Waals surface area contributed by atoms with Crippen molar-refractivity contribution in [1.29, 1.82) is 0 Å². The lowest BCUT2D eigenvalue weighted by atomic mass is 10.1. The second-order valence-corrected chi connectivity index (χ2v) is 7.94. The summed E-state index contributed by atoms with van der Waals surface area (Å²) in [6.45, 7) is 2.83. The maximum Gasteiger partial charge on any atom is 0.251 e. The van der Waals surface area contributed by atoms with Gasteiger partial charge in [-0.25, -0.2) is 9.87 Å². The first kappa shape index (κ1) is 25.1. The number of hydrogen-bond donors (Lipinski definition) is 5. The van der Waals surface area contributed by atoms with Crippen LogP contribution in [-0.4, -0.2) is 34.9 Å². The predicted octanol–water partition coefficient (Wildman–Crippen LogP) is 2.97. The zero-order valence-corrected chi connectivity index (χ0v) is 18.9. The highest BCUT2D eigenvalue weighted by Gasteiger charge is 2.18. The Morgan fingerprint density at radius 2 is 1.56 bits per heavy atom. The van der Waals surface area contributed by atoms with Crippen molar-refractivity contribution in [3.05, 3.63) is 106 Å². The van der Waals surface area contributed by atoms with Crippen molar-refractivity contribution in [1.82, 2.24) is 16.1 Å². The minimum absolute atomic E-state index is 0.0365. The summed E-state index contributed by atoms with van der Waals surface area (Å²) < 4.78 is 13.2. The number of aliphatic hydroxyl groups excluding tert-OH is 1. The van der Waals surface area contributed by atoms with Gasteiger partial charge in [0.05, 0.1) is 12.1 Å². The molecule has 176 valence electrons. The number of nitrogens with one attached hydrogen (secondary N) is 3. The molecular weight excluding hydrogens is 433 g/mol. The standard InChI is InChI=1S/C27H28FN3O3/c1-19(32)26(18-30-34)31-27(33)24-13-11-21(12-14-24)6-5-20-7-9-22(10-8-20)16-29-17-23-3-2-4-25(28)15-23/h2-4,7-15,19,26,29-30,32,34H,16-18H2,1H3,(H,31,33)/t19-,26+/m1/s1. The van der Waals surface area contributed by atoms with E-state index in [4.69, 9.17) is 5.21 Å². The molecule has 34 heavy (non-hydrogen) atoms. The van der Waals surface area contributed by atoms with Gasteiger partial charge >= 0.3 is 0 Å². The number of amides is 1. The van der Waals surface area contributed by atoms with E-state index in [1.165, 1.54) is 19.1 Å². The van der Waals surface area contributed by atoms with Crippen molar-refractivity contribution >= 4 is 5.91 Å². The third-order valence-corrected chi connectivity index (χ3v) is 5.21. The monoisotopic (exact) mass is 461 g/mol.